The molecule has 0 fully saturated rings. The van der Waals surface area contributed by atoms with Gasteiger partial charge in [0.05, 0.1) is 19.7 Å². The number of hydrogen-bond donors (Lipinski definition) is 2. The Bertz CT molecular complexity index is 881. The molecule has 0 bridgehead atoms. The first-order valence-corrected chi connectivity index (χ1v) is 7.95. The summed E-state index contributed by atoms with van der Waals surface area (Å²) >= 11 is 0. The molecule has 0 saturated carbocycles. The highest BCUT2D eigenvalue weighted by Crippen LogP contribution is 2.33. The molecule has 0 spiro atoms. The van der Waals surface area contributed by atoms with Gasteiger partial charge >= 0.3 is 0 Å². The maximum absolute atomic E-state index is 6.07. The maximum Gasteiger partial charge on any atom is 0.225 e. The van der Waals surface area contributed by atoms with Crippen LogP contribution in [-0.2, 0) is 6.42 Å². The molecule has 3 aromatic rings. The number of rotatable bonds is 6. The van der Waals surface area contributed by atoms with Crippen LogP contribution in [0.3, 0.4) is 0 Å². The van der Waals surface area contributed by atoms with E-state index in [0.717, 1.165) is 23.1 Å². The number of nitrogens with two attached hydrogens (primary N) is 1. The van der Waals surface area contributed by atoms with Gasteiger partial charge in [-0.15, -0.1) is 0 Å². The molecule has 130 valence electrons. The third-order valence-corrected chi connectivity index (χ3v) is 3.90. The third-order valence-electron chi connectivity index (χ3n) is 3.90. The summed E-state index contributed by atoms with van der Waals surface area (Å²) in [5.74, 6) is 2.07. The number of aromatic nitrogens is 3. The van der Waals surface area contributed by atoms with E-state index in [1.165, 1.54) is 0 Å². The van der Waals surface area contributed by atoms with Crippen LogP contribution in [0, 0.1) is 6.92 Å². The zero-order valence-electron chi connectivity index (χ0n) is 14.5. The van der Waals surface area contributed by atoms with E-state index in [1.54, 1.807) is 26.4 Å². The lowest BCUT2D eigenvalue weighted by Gasteiger charge is -2.11. The van der Waals surface area contributed by atoms with Crippen molar-refractivity contribution in [3.63, 3.8) is 0 Å². The zero-order valence-corrected chi connectivity index (χ0v) is 14.5. The topological polar surface area (TPSA) is 95.2 Å². The Balaban J connectivity index is 1.78. The van der Waals surface area contributed by atoms with Crippen molar-refractivity contribution in [2.45, 2.75) is 13.3 Å². The van der Waals surface area contributed by atoms with Gasteiger partial charge in [-0.05, 0) is 31.0 Å². The van der Waals surface area contributed by atoms with Crippen molar-refractivity contribution in [1.29, 1.82) is 0 Å². The number of nitrogen functional groups attached to an aromatic ring is 1. The molecule has 0 atom stereocenters. The molecule has 0 saturated heterocycles. The number of nitrogens with zero attached hydrogens (tertiary/aromatic N) is 3. The summed E-state index contributed by atoms with van der Waals surface area (Å²) in [6, 6.07) is 7.64. The molecule has 2 aromatic heterocycles. The minimum absolute atomic E-state index is 0.394. The fraction of sp³-hybridized carbons (Fsp3) is 0.278. The van der Waals surface area contributed by atoms with Crippen LogP contribution < -0.4 is 20.5 Å². The first-order valence-electron chi connectivity index (χ1n) is 7.95. The maximum atomic E-state index is 6.07. The van der Waals surface area contributed by atoms with Gasteiger partial charge < -0.3 is 20.5 Å². The Morgan fingerprint density at radius 1 is 1.08 bits per heavy atom. The minimum Gasteiger partial charge on any atom is -0.493 e. The molecule has 0 unspecified atom stereocenters. The van der Waals surface area contributed by atoms with Crippen LogP contribution in [0.2, 0.25) is 0 Å². The molecular formula is C18H21N5O2. The van der Waals surface area contributed by atoms with Crippen molar-refractivity contribution in [2.24, 2.45) is 0 Å². The minimum atomic E-state index is 0.394. The molecule has 7 heteroatoms. The molecule has 1 aromatic carbocycles. The molecule has 0 radical (unpaired) electrons. The highest BCUT2D eigenvalue weighted by molar-refractivity contribution is 5.91. The number of methoxy groups -OCH3 is 2. The van der Waals surface area contributed by atoms with Gasteiger partial charge in [0.2, 0.25) is 5.95 Å². The number of aryl methyl sites for hydroxylation is 1. The second-order valence-electron chi connectivity index (χ2n) is 5.64. The summed E-state index contributed by atoms with van der Waals surface area (Å²) in [7, 11) is 3.17. The fourth-order valence-corrected chi connectivity index (χ4v) is 2.52. The van der Waals surface area contributed by atoms with Gasteiger partial charge in [-0.1, -0.05) is 6.07 Å². The van der Waals surface area contributed by atoms with E-state index >= 15 is 0 Å². The molecule has 0 aliphatic heterocycles. The predicted octanol–water partition coefficient (Wildman–Crippen LogP) is 2.59. The van der Waals surface area contributed by atoms with Gasteiger partial charge in [-0.25, -0.2) is 4.98 Å². The second kappa shape index (κ2) is 7.21. The van der Waals surface area contributed by atoms with E-state index in [0.29, 0.717) is 35.3 Å². The lowest BCUT2D eigenvalue weighted by molar-refractivity contribution is 0.356. The summed E-state index contributed by atoms with van der Waals surface area (Å²) in [6.45, 7) is 2.65. The number of nitrogens with one attached hydrogen (secondary N) is 1. The summed E-state index contributed by atoms with van der Waals surface area (Å²) in [6.07, 6.45) is 2.70. The monoisotopic (exact) mass is 339 g/mol. The molecular weight excluding hydrogens is 318 g/mol. The first kappa shape index (κ1) is 16.8. The SMILES string of the molecule is COc1cc2nc(NCCc3ccc(C)nc3)nc(N)c2cc1OC. The Hall–Kier alpha value is -3.09. The van der Waals surface area contributed by atoms with Gasteiger partial charge in [0, 0.05) is 29.9 Å². The van der Waals surface area contributed by atoms with Gasteiger partial charge in [0.15, 0.2) is 11.5 Å². The fourth-order valence-electron chi connectivity index (χ4n) is 2.52. The first-order chi connectivity index (χ1) is 12.1. The van der Waals surface area contributed by atoms with Crippen molar-refractivity contribution < 1.29 is 9.47 Å². The van der Waals surface area contributed by atoms with E-state index in [9.17, 15) is 0 Å². The lowest BCUT2D eigenvalue weighted by atomic mass is 10.2. The summed E-state index contributed by atoms with van der Waals surface area (Å²) in [4.78, 5) is 13.1. The normalized spacial score (nSPS) is 10.7. The van der Waals surface area contributed by atoms with Gasteiger partial charge in [0.1, 0.15) is 5.82 Å². The van der Waals surface area contributed by atoms with E-state index in [2.05, 4.69) is 26.3 Å². The van der Waals surface area contributed by atoms with Gasteiger partial charge in [-0.3, -0.25) is 4.98 Å². The van der Waals surface area contributed by atoms with Crippen molar-refractivity contribution >= 4 is 22.7 Å². The Labute approximate surface area is 146 Å². The van der Waals surface area contributed by atoms with E-state index in [1.807, 2.05) is 19.2 Å². The molecule has 7 nitrogen and oxygen atoms in total. The van der Waals surface area contributed by atoms with Gasteiger partial charge in [0.25, 0.3) is 0 Å². The van der Waals surface area contributed by atoms with Crippen LogP contribution in [-0.4, -0.2) is 35.7 Å². The van der Waals surface area contributed by atoms with Crippen LogP contribution >= 0.6 is 0 Å². The summed E-state index contributed by atoms with van der Waals surface area (Å²) in [5.41, 5.74) is 8.93. The second-order valence-corrected chi connectivity index (χ2v) is 5.64. The smallest absolute Gasteiger partial charge is 0.225 e. The average Bonchev–Trinajstić information content (AvgIpc) is 2.62. The van der Waals surface area contributed by atoms with Gasteiger partial charge in [-0.2, -0.15) is 4.98 Å². The van der Waals surface area contributed by atoms with Crippen molar-refractivity contribution in [3.8, 4) is 11.5 Å². The van der Waals surface area contributed by atoms with Crippen LogP contribution in [0.4, 0.5) is 11.8 Å². The van der Waals surface area contributed by atoms with Crippen molar-refractivity contribution in [1.82, 2.24) is 15.0 Å². The Morgan fingerprint density at radius 3 is 2.52 bits per heavy atom. The van der Waals surface area contributed by atoms with E-state index in [4.69, 9.17) is 15.2 Å². The number of ether oxygens (including phenoxy) is 2. The molecule has 25 heavy (non-hydrogen) atoms. The van der Waals surface area contributed by atoms with Crippen LogP contribution in [0.1, 0.15) is 11.3 Å². The van der Waals surface area contributed by atoms with Crippen LogP contribution in [0.5, 0.6) is 11.5 Å². The summed E-state index contributed by atoms with van der Waals surface area (Å²) in [5, 5.41) is 3.93. The Morgan fingerprint density at radius 2 is 1.84 bits per heavy atom. The number of fused-ring (bicyclic) bond motifs is 1. The largest absolute Gasteiger partial charge is 0.493 e. The highest BCUT2D eigenvalue weighted by Gasteiger charge is 2.11. The zero-order chi connectivity index (χ0) is 17.8. The molecule has 2 heterocycles. The van der Waals surface area contributed by atoms with E-state index < -0.39 is 0 Å². The lowest BCUT2D eigenvalue weighted by Crippen LogP contribution is -2.09. The van der Waals surface area contributed by atoms with Crippen molar-refractivity contribution in [3.05, 3.63) is 41.7 Å². The molecule has 3 N–H and O–H groups in total. The third kappa shape index (κ3) is 3.71. The highest BCUT2D eigenvalue weighted by atomic mass is 16.5. The number of anilines is 2. The average molecular weight is 339 g/mol. The molecule has 0 aliphatic rings. The van der Waals surface area contributed by atoms with E-state index in [-0.39, 0.29) is 0 Å². The predicted molar refractivity (Wildman–Crippen MR) is 98.2 cm³/mol. The molecule has 3 rings (SSSR count). The van der Waals surface area contributed by atoms with Crippen LogP contribution in [0.15, 0.2) is 30.5 Å². The Kier molecular flexibility index (Phi) is 4.83. The van der Waals surface area contributed by atoms with Crippen molar-refractivity contribution in [2.75, 3.05) is 31.8 Å². The number of hydrogen-bond acceptors (Lipinski definition) is 7. The number of benzene rings is 1. The molecule has 0 amide bonds. The quantitative estimate of drug-likeness (QED) is 0.712. The molecule has 0 aliphatic carbocycles. The standard InChI is InChI=1S/C18H21N5O2/c1-11-4-5-12(10-21-11)6-7-20-18-22-14-9-16(25-3)15(24-2)8-13(14)17(19)23-18/h4-5,8-10H,6-7H2,1-3H3,(H3,19,20,22,23). The summed E-state index contributed by atoms with van der Waals surface area (Å²) < 4.78 is 10.6. The van der Waals surface area contributed by atoms with Crippen LogP contribution in [0.25, 0.3) is 10.9 Å². The number of pyridine rings is 1.